The lowest BCUT2D eigenvalue weighted by Gasteiger charge is -2.08. The van der Waals surface area contributed by atoms with E-state index in [1.165, 1.54) is 34.6 Å². The number of nitrogens with one attached hydrogen (secondary N) is 1. The number of nitrogens with zero attached hydrogens (tertiary/aromatic N) is 5. The van der Waals surface area contributed by atoms with Gasteiger partial charge in [-0.05, 0) is 47.7 Å². The average molecular weight is 424 g/mol. The number of hydrogen-bond acceptors (Lipinski definition) is 7. The second kappa shape index (κ2) is 8.87. The molecule has 152 valence electrons. The molecule has 0 saturated carbocycles. The van der Waals surface area contributed by atoms with E-state index in [-0.39, 0.29) is 17.3 Å². The standard InChI is InChI=1S/C20H17FN6O2S/c1-13-24-25-26-27(13)18-9-15(7-8-17(18)21)22-19(28)12-30-11-16-10-29-20(23-16)14-5-3-2-4-6-14/h2-10H,11-12H2,1H3,(H,22,28). The molecule has 0 radical (unpaired) electrons. The Labute approximate surface area is 175 Å². The van der Waals surface area contributed by atoms with Gasteiger partial charge in [-0.2, -0.15) is 4.68 Å². The van der Waals surface area contributed by atoms with E-state index < -0.39 is 5.82 Å². The first kappa shape index (κ1) is 19.8. The first-order valence-electron chi connectivity index (χ1n) is 9.02. The largest absolute Gasteiger partial charge is 0.444 e. The summed E-state index contributed by atoms with van der Waals surface area (Å²) in [7, 11) is 0. The van der Waals surface area contributed by atoms with E-state index in [0.29, 0.717) is 23.2 Å². The maximum atomic E-state index is 14.1. The summed E-state index contributed by atoms with van der Waals surface area (Å²) in [6.45, 7) is 1.66. The van der Waals surface area contributed by atoms with Crippen LogP contribution in [0.2, 0.25) is 0 Å². The fraction of sp³-hybridized carbons (Fsp3) is 0.150. The van der Waals surface area contributed by atoms with Crippen LogP contribution in [0.25, 0.3) is 17.1 Å². The van der Waals surface area contributed by atoms with Crippen molar-refractivity contribution < 1.29 is 13.6 Å². The molecule has 1 N–H and O–H groups in total. The molecular weight excluding hydrogens is 407 g/mol. The Balaban J connectivity index is 1.33. The van der Waals surface area contributed by atoms with Crippen molar-refractivity contribution in [2.45, 2.75) is 12.7 Å². The van der Waals surface area contributed by atoms with Gasteiger partial charge in [-0.15, -0.1) is 16.9 Å². The predicted molar refractivity (Wildman–Crippen MR) is 111 cm³/mol. The van der Waals surface area contributed by atoms with Crippen LogP contribution >= 0.6 is 11.8 Å². The van der Waals surface area contributed by atoms with Crippen molar-refractivity contribution in [1.29, 1.82) is 0 Å². The van der Waals surface area contributed by atoms with Crippen molar-refractivity contribution in [3.8, 4) is 17.1 Å². The van der Waals surface area contributed by atoms with E-state index in [2.05, 4.69) is 25.8 Å². The SMILES string of the molecule is Cc1nnnn1-c1cc(NC(=O)CSCc2coc(-c3ccccc3)n2)ccc1F. The molecule has 8 nitrogen and oxygen atoms in total. The fourth-order valence-electron chi connectivity index (χ4n) is 2.74. The lowest BCUT2D eigenvalue weighted by atomic mass is 10.2. The van der Waals surface area contributed by atoms with E-state index >= 15 is 0 Å². The van der Waals surface area contributed by atoms with Gasteiger partial charge in [0.15, 0.2) is 5.82 Å². The lowest BCUT2D eigenvalue weighted by Crippen LogP contribution is -2.15. The smallest absolute Gasteiger partial charge is 0.234 e. The summed E-state index contributed by atoms with van der Waals surface area (Å²) in [6, 6.07) is 13.8. The highest BCUT2D eigenvalue weighted by atomic mass is 32.2. The van der Waals surface area contributed by atoms with Gasteiger partial charge >= 0.3 is 0 Å². The Morgan fingerprint density at radius 2 is 2.07 bits per heavy atom. The number of oxazole rings is 1. The molecule has 4 rings (SSSR count). The molecule has 0 saturated heterocycles. The molecular formula is C20H17FN6O2S. The average Bonchev–Trinajstić information content (AvgIpc) is 3.39. The highest BCUT2D eigenvalue weighted by molar-refractivity contribution is 7.99. The van der Waals surface area contributed by atoms with Gasteiger partial charge in [0.2, 0.25) is 11.8 Å². The van der Waals surface area contributed by atoms with Crippen LogP contribution in [0.1, 0.15) is 11.5 Å². The summed E-state index contributed by atoms with van der Waals surface area (Å²) >= 11 is 1.40. The van der Waals surface area contributed by atoms with Gasteiger partial charge in [0, 0.05) is 17.0 Å². The Morgan fingerprint density at radius 1 is 1.23 bits per heavy atom. The normalized spacial score (nSPS) is 10.9. The van der Waals surface area contributed by atoms with E-state index in [1.54, 1.807) is 13.2 Å². The van der Waals surface area contributed by atoms with Gasteiger partial charge < -0.3 is 9.73 Å². The monoisotopic (exact) mass is 424 g/mol. The molecule has 30 heavy (non-hydrogen) atoms. The summed E-state index contributed by atoms with van der Waals surface area (Å²) in [5.41, 5.74) is 2.28. The molecule has 0 spiro atoms. The van der Waals surface area contributed by atoms with Crippen molar-refractivity contribution in [2.24, 2.45) is 0 Å². The number of benzene rings is 2. The predicted octanol–water partition coefficient (Wildman–Crippen LogP) is 3.64. The van der Waals surface area contributed by atoms with Gasteiger partial charge in [-0.1, -0.05) is 18.2 Å². The van der Waals surface area contributed by atoms with Crippen LogP contribution in [0.5, 0.6) is 0 Å². The highest BCUT2D eigenvalue weighted by Crippen LogP contribution is 2.21. The number of anilines is 1. The first-order chi connectivity index (χ1) is 14.6. The quantitative estimate of drug-likeness (QED) is 0.484. The van der Waals surface area contributed by atoms with E-state index in [1.807, 2.05) is 30.3 Å². The van der Waals surface area contributed by atoms with Crippen molar-refractivity contribution in [3.05, 3.63) is 72.1 Å². The molecule has 10 heteroatoms. The summed E-state index contributed by atoms with van der Waals surface area (Å²) < 4.78 is 20.9. The number of aryl methyl sites for hydroxylation is 1. The number of tetrazole rings is 1. The van der Waals surface area contributed by atoms with Crippen LogP contribution < -0.4 is 5.32 Å². The summed E-state index contributed by atoms with van der Waals surface area (Å²) in [5, 5.41) is 13.8. The molecule has 1 amide bonds. The molecule has 2 aromatic heterocycles. The molecule has 0 aliphatic rings. The van der Waals surface area contributed by atoms with Gasteiger partial charge in [0.25, 0.3) is 0 Å². The van der Waals surface area contributed by atoms with E-state index in [0.717, 1.165) is 11.3 Å². The number of halogens is 1. The van der Waals surface area contributed by atoms with Gasteiger partial charge in [-0.25, -0.2) is 9.37 Å². The lowest BCUT2D eigenvalue weighted by molar-refractivity contribution is -0.113. The number of amides is 1. The fourth-order valence-corrected chi connectivity index (χ4v) is 3.44. The second-order valence-corrected chi connectivity index (χ2v) is 7.34. The molecule has 0 unspecified atom stereocenters. The molecule has 0 bridgehead atoms. The van der Waals surface area contributed by atoms with Crippen LogP contribution in [0.4, 0.5) is 10.1 Å². The molecule has 4 aromatic rings. The second-order valence-electron chi connectivity index (χ2n) is 6.36. The third-order valence-corrected chi connectivity index (χ3v) is 5.11. The minimum Gasteiger partial charge on any atom is -0.444 e. The molecule has 2 heterocycles. The maximum absolute atomic E-state index is 14.1. The first-order valence-corrected chi connectivity index (χ1v) is 10.2. The van der Waals surface area contributed by atoms with Gasteiger partial charge in [0.05, 0.1) is 11.4 Å². The van der Waals surface area contributed by atoms with Crippen molar-refractivity contribution in [2.75, 3.05) is 11.1 Å². The zero-order chi connectivity index (χ0) is 20.9. The third kappa shape index (κ3) is 4.54. The van der Waals surface area contributed by atoms with Gasteiger partial charge in [0.1, 0.15) is 17.8 Å². The number of carbonyl (C=O) groups is 1. The zero-order valence-corrected chi connectivity index (χ0v) is 16.8. The van der Waals surface area contributed by atoms with Crippen molar-refractivity contribution >= 4 is 23.4 Å². The van der Waals surface area contributed by atoms with Crippen LogP contribution in [0, 0.1) is 12.7 Å². The van der Waals surface area contributed by atoms with Gasteiger partial charge in [-0.3, -0.25) is 4.79 Å². The topological polar surface area (TPSA) is 98.7 Å². The Morgan fingerprint density at radius 3 is 2.83 bits per heavy atom. The van der Waals surface area contributed by atoms with Crippen LogP contribution in [0.3, 0.4) is 0 Å². The number of aromatic nitrogens is 5. The number of carbonyl (C=O) groups excluding carboxylic acids is 1. The molecule has 0 aliphatic carbocycles. The number of thioether (sulfide) groups is 1. The summed E-state index contributed by atoms with van der Waals surface area (Å²) in [5.74, 6) is 1.03. The van der Waals surface area contributed by atoms with Crippen molar-refractivity contribution in [1.82, 2.24) is 25.2 Å². The van der Waals surface area contributed by atoms with Crippen LogP contribution in [-0.4, -0.2) is 36.9 Å². The third-order valence-electron chi connectivity index (χ3n) is 4.14. The van der Waals surface area contributed by atoms with Crippen molar-refractivity contribution in [3.63, 3.8) is 0 Å². The Kier molecular flexibility index (Phi) is 5.84. The van der Waals surface area contributed by atoms with E-state index in [9.17, 15) is 9.18 Å². The Bertz CT molecular complexity index is 1160. The molecule has 0 fully saturated rings. The highest BCUT2D eigenvalue weighted by Gasteiger charge is 2.12. The zero-order valence-electron chi connectivity index (χ0n) is 15.9. The van der Waals surface area contributed by atoms with Crippen LogP contribution in [-0.2, 0) is 10.5 Å². The Hall–Kier alpha value is -3.53. The molecule has 2 aromatic carbocycles. The number of rotatable bonds is 7. The molecule has 0 atom stereocenters. The summed E-state index contributed by atoms with van der Waals surface area (Å²) in [4.78, 5) is 16.7. The van der Waals surface area contributed by atoms with E-state index in [4.69, 9.17) is 4.42 Å². The minimum atomic E-state index is -0.488. The minimum absolute atomic E-state index is 0.166. The summed E-state index contributed by atoms with van der Waals surface area (Å²) in [6.07, 6.45) is 1.59. The molecule has 0 aliphatic heterocycles. The number of hydrogen-bond donors (Lipinski definition) is 1. The maximum Gasteiger partial charge on any atom is 0.234 e. The van der Waals surface area contributed by atoms with Crippen LogP contribution in [0.15, 0.2) is 59.2 Å².